The third-order valence-electron chi connectivity index (χ3n) is 3.63. The second-order valence-electron chi connectivity index (χ2n) is 6.02. The molecule has 0 fully saturated rings. The van der Waals surface area contributed by atoms with Gasteiger partial charge in [0, 0.05) is 0 Å². The van der Waals surface area contributed by atoms with E-state index in [1.165, 1.54) is 0 Å². The van der Waals surface area contributed by atoms with Crippen molar-refractivity contribution >= 4 is 12.1 Å². The maximum Gasteiger partial charge on any atom is 0.408 e. The van der Waals surface area contributed by atoms with Gasteiger partial charge in [-0.25, -0.2) is 9.59 Å². The number of hydrogen-bond acceptors (Lipinski definition) is 3. The lowest BCUT2D eigenvalue weighted by Crippen LogP contribution is -2.43. The number of ether oxygens (including phenoxy) is 1. The number of carbonyl (C=O) groups is 2. The molecule has 2 N–H and O–H groups in total. The van der Waals surface area contributed by atoms with Crippen molar-refractivity contribution < 1.29 is 32.6 Å². The number of carboxylic acids is 1. The number of nitrogens with one attached hydrogen (secondary N) is 1. The minimum atomic E-state index is -4.45. The van der Waals surface area contributed by atoms with Crippen molar-refractivity contribution in [2.75, 3.05) is 0 Å². The molecule has 1 atom stereocenters. The van der Waals surface area contributed by atoms with Gasteiger partial charge in [-0.1, -0.05) is 44.2 Å². The second kappa shape index (κ2) is 8.03. The normalized spacial score (nSPS) is 13.2. The molecule has 8 heteroatoms. The van der Waals surface area contributed by atoms with Gasteiger partial charge in [-0.15, -0.1) is 0 Å². The Balaban J connectivity index is 2.54. The molecule has 0 radical (unpaired) electrons. The summed E-state index contributed by atoms with van der Waals surface area (Å²) >= 11 is 0. The first-order chi connectivity index (χ1) is 11.0. The summed E-state index contributed by atoms with van der Waals surface area (Å²) in [6.07, 6.45) is -6.24. The minimum absolute atomic E-state index is 0.0624. The van der Waals surface area contributed by atoms with Gasteiger partial charge in [0.1, 0.15) is 12.6 Å². The monoisotopic (exact) mass is 347 g/mol. The number of halogens is 3. The third-order valence-corrected chi connectivity index (χ3v) is 3.63. The Hall–Kier alpha value is -2.25. The molecule has 1 aromatic carbocycles. The van der Waals surface area contributed by atoms with Crippen molar-refractivity contribution in [3.8, 4) is 0 Å². The van der Waals surface area contributed by atoms with E-state index in [4.69, 9.17) is 9.84 Å². The number of amides is 1. The molecule has 0 aromatic heterocycles. The van der Waals surface area contributed by atoms with Gasteiger partial charge in [0.25, 0.3) is 0 Å². The van der Waals surface area contributed by atoms with E-state index in [1.54, 1.807) is 30.3 Å². The average molecular weight is 347 g/mol. The predicted octanol–water partition coefficient (Wildman–Crippen LogP) is 3.73. The lowest BCUT2D eigenvalue weighted by atomic mass is 9.85. The van der Waals surface area contributed by atoms with Crippen molar-refractivity contribution in [1.82, 2.24) is 5.32 Å². The molecular formula is C16H20F3NO4. The molecule has 0 unspecified atom stereocenters. The predicted molar refractivity (Wildman–Crippen MR) is 80.3 cm³/mol. The number of hydrogen-bond donors (Lipinski definition) is 2. The highest BCUT2D eigenvalue weighted by Gasteiger charge is 2.47. The van der Waals surface area contributed by atoms with Crippen LogP contribution in [0.15, 0.2) is 30.3 Å². The van der Waals surface area contributed by atoms with Crippen LogP contribution in [0.4, 0.5) is 18.0 Å². The summed E-state index contributed by atoms with van der Waals surface area (Å²) < 4.78 is 43.3. The Morgan fingerprint density at radius 1 is 1.21 bits per heavy atom. The Labute approximate surface area is 137 Å². The molecule has 0 saturated carbocycles. The van der Waals surface area contributed by atoms with Gasteiger partial charge in [0.15, 0.2) is 0 Å². The van der Waals surface area contributed by atoms with Gasteiger partial charge in [-0.05, 0) is 18.4 Å². The molecule has 134 valence electrons. The highest BCUT2D eigenvalue weighted by molar-refractivity contribution is 5.79. The van der Waals surface area contributed by atoms with Gasteiger partial charge >= 0.3 is 18.2 Å². The van der Waals surface area contributed by atoms with Crippen LogP contribution < -0.4 is 5.32 Å². The molecule has 1 amide bonds. The Bertz CT molecular complexity index is 558. The van der Waals surface area contributed by atoms with Crippen LogP contribution in [0.3, 0.4) is 0 Å². The molecule has 5 nitrogen and oxygen atoms in total. The van der Waals surface area contributed by atoms with E-state index in [0.29, 0.717) is 5.56 Å². The Morgan fingerprint density at radius 3 is 2.29 bits per heavy atom. The topological polar surface area (TPSA) is 75.6 Å². The van der Waals surface area contributed by atoms with Crippen LogP contribution in [0.5, 0.6) is 0 Å². The summed E-state index contributed by atoms with van der Waals surface area (Å²) in [5.74, 6) is -1.41. The summed E-state index contributed by atoms with van der Waals surface area (Å²) in [5, 5.41) is 11.1. The van der Waals surface area contributed by atoms with Crippen LogP contribution in [0, 0.1) is 5.41 Å². The van der Waals surface area contributed by atoms with Crippen molar-refractivity contribution in [3.05, 3.63) is 35.9 Å². The molecule has 0 saturated heterocycles. The zero-order valence-electron chi connectivity index (χ0n) is 13.4. The molecule has 0 aliphatic rings. The maximum absolute atomic E-state index is 12.8. The van der Waals surface area contributed by atoms with E-state index in [2.05, 4.69) is 5.32 Å². The first-order valence-corrected chi connectivity index (χ1v) is 7.29. The van der Waals surface area contributed by atoms with Crippen molar-refractivity contribution in [2.45, 2.75) is 45.5 Å². The first-order valence-electron chi connectivity index (χ1n) is 7.29. The second-order valence-corrected chi connectivity index (χ2v) is 6.02. The maximum atomic E-state index is 12.8. The van der Waals surface area contributed by atoms with Crippen LogP contribution in [0.1, 0.15) is 32.3 Å². The number of carboxylic acid groups (broad SMARTS) is 1. The fourth-order valence-electron chi connectivity index (χ4n) is 1.81. The SMILES string of the molecule is CC(C)(CC[C@H](NC(=O)OCc1ccccc1)C(=O)O)C(F)(F)F. The molecular weight excluding hydrogens is 327 g/mol. The van der Waals surface area contributed by atoms with Gasteiger partial charge < -0.3 is 15.2 Å². The van der Waals surface area contributed by atoms with Gasteiger partial charge in [0.05, 0.1) is 5.41 Å². The zero-order valence-corrected chi connectivity index (χ0v) is 13.4. The highest BCUT2D eigenvalue weighted by atomic mass is 19.4. The molecule has 0 spiro atoms. The van der Waals surface area contributed by atoms with E-state index >= 15 is 0 Å². The van der Waals surface area contributed by atoms with Crippen LogP contribution in [-0.2, 0) is 16.1 Å². The average Bonchev–Trinajstić information content (AvgIpc) is 2.49. The molecule has 0 bridgehead atoms. The van der Waals surface area contributed by atoms with Gasteiger partial charge in [-0.2, -0.15) is 13.2 Å². The van der Waals surface area contributed by atoms with Crippen molar-refractivity contribution in [3.63, 3.8) is 0 Å². The van der Waals surface area contributed by atoms with Gasteiger partial charge in [-0.3, -0.25) is 0 Å². The first kappa shape index (κ1) is 19.8. The molecule has 1 aromatic rings. The highest BCUT2D eigenvalue weighted by Crippen LogP contribution is 2.41. The number of rotatable bonds is 7. The molecule has 0 aliphatic heterocycles. The summed E-state index contributed by atoms with van der Waals surface area (Å²) in [4.78, 5) is 22.8. The van der Waals surface area contributed by atoms with E-state index in [9.17, 15) is 22.8 Å². The van der Waals surface area contributed by atoms with Crippen molar-refractivity contribution in [1.29, 1.82) is 0 Å². The van der Waals surface area contributed by atoms with Gasteiger partial charge in [0.2, 0.25) is 0 Å². The largest absolute Gasteiger partial charge is 0.480 e. The number of alkyl carbamates (subject to hydrolysis) is 1. The fourth-order valence-corrected chi connectivity index (χ4v) is 1.81. The van der Waals surface area contributed by atoms with E-state index in [0.717, 1.165) is 13.8 Å². The summed E-state index contributed by atoms with van der Waals surface area (Å²) in [6.45, 7) is 1.91. The van der Waals surface area contributed by atoms with Crippen LogP contribution in [0.25, 0.3) is 0 Å². The van der Waals surface area contributed by atoms with E-state index in [1.807, 2.05) is 0 Å². The molecule has 24 heavy (non-hydrogen) atoms. The fraction of sp³-hybridized carbons (Fsp3) is 0.500. The Morgan fingerprint density at radius 2 is 1.79 bits per heavy atom. The number of aliphatic carboxylic acids is 1. The lowest BCUT2D eigenvalue weighted by Gasteiger charge is -2.28. The summed E-state index contributed by atoms with van der Waals surface area (Å²) in [6, 6.07) is 7.26. The van der Waals surface area contributed by atoms with Crippen LogP contribution >= 0.6 is 0 Å². The summed E-state index contributed by atoms with van der Waals surface area (Å²) in [7, 11) is 0. The van der Waals surface area contributed by atoms with Crippen LogP contribution in [0.2, 0.25) is 0 Å². The lowest BCUT2D eigenvalue weighted by molar-refractivity contribution is -0.214. The summed E-state index contributed by atoms with van der Waals surface area (Å²) in [5.41, 5.74) is -1.34. The van der Waals surface area contributed by atoms with E-state index in [-0.39, 0.29) is 13.0 Å². The molecule has 0 heterocycles. The molecule has 0 aliphatic carbocycles. The molecule has 1 rings (SSSR count). The zero-order chi connectivity index (χ0) is 18.4. The standard InChI is InChI=1S/C16H20F3NO4/c1-15(2,16(17,18)19)9-8-12(13(21)22)20-14(23)24-10-11-6-4-3-5-7-11/h3-7,12H,8-10H2,1-2H3,(H,20,23)(H,21,22)/t12-/m0/s1. The Kier molecular flexibility index (Phi) is 6.62. The van der Waals surface area contributed by atoms with Crippen LogP contribution in [-0.4, -0.2) is 29.4 Å². The third kappa shape index (κ3) is 6.10. The van der Waals surface area contributed by atoms with Crippen molar-refractivity contribution in [2.24, 2.45) is 5.41 Å². The smallest absolute Gasteiger partial charge is 0.408 e. The number of benzene rings is 1. The quantitative estimate of drug-likeness (QED) is 0.788. The number of carbonyl (C=O) groups excluding carboxylic acids is 1. The number of alkyl halides is 3. The minimum Gasteiger partial charge on any atom is -0.480 e. The van der Waals surface area contributed by atoms with E-state index < -0.39 is 36.1 Å².